The smallest absolute Gasteiger partial charge is 0.0766 e. The summed E-state index contributed by atoms with van der Waals surface area (Å²) in [5.41, 5.74) is 2.53. The molecule has 0 spiro atoms. The number of aromatic nitrogens is 2. The zero-order valence-electron chi connectivity index (χ0n) is 13.0. The first-order chi connectivity index (χ1) is 9.03. The summed E-state index contributed by atoms with van der Waals surface area (Å²) in [5, 5.41) is 8.10. The van der Waals surface area contributed by atoms with Gasteiger partial charge in [0.05, 0.1) is 15.9 Å². The highest BCUT2D eigenvalue weighted by atomic mass is 79.9. The second kappa shape index (κ2) is 8.05. The number of rotatable bonds is 8. The molecule has 0 fully saturated rings. The van der Waals surface area contributed by atoms with Crippen molar-refractivity contribution in [2.45, 2.75) is 66.0 Å². The molecule has 0 aliphatic heterocycles. The lowest BCUT2D eigenvalue weighted by Crippen LogP contribution is -2.27. The van der Waals surface area contributed by atoms with E-state index in [0.29, 0.717) is 6.04 Å². The van der Waals surface area contributed by atoms with Gasteiger partial charge in [-0.15, -0.1) is 0 Å². The summed E-state index contributed by atoms with van der Waals surface area (Å²) in [6.07, 6.45) is 4.47. The number of halogens is 1. The third-order valence-electron chi connectivity index (χ3n) is 3.59. The van der Waals surface area contributed by atoms with E-state index in [1.54, 1.807) is 0 Å². The van der Waals surface area contributed by atoms with Crippen LogP contribution in [0.5, 0.6) is 0 Å². The van der Waals surface area contributed by atoms with E-state index >= 15 is 0 Å². The molecule has 4 heteroatoms. The summed E-state index contributed by atoms with van der Waals surface area (Å²) in [5.74, 6) is 0.739. The summed E-state index contributed by atoms with van der Waals surface area (Å²) in [6, 6.07) is 0.595. The highest BCUT2D eigenvalue weighted by Gasteiger charge is 2.16. The molecule has 1 rings (SSSR count). The Morgan fingerprint density at radius 2 is 2.00 bits per heavy atom. The molecule has 0 amide bonds. The summed E-state index contributed by atoms with van der Waals surface area (Å²) in [6.45, 7) is 9.83. The van der Waals surface area contributed by atoms with E-state index in [1.165, 1.54) is 28.7 Å². The lowest BCUT2D eigenvalue weighted by molar-refractivity contribution is 0.417. The minimum Gasteiger partial charge on any atom is -0.317 e. The predicted molar refractivity (Wildman–Crippen MR) is 85.6 cm³/mol. The summed E-state index contributed by atoms with van der Waals surface area (Å²) >= 11 is 3.72. The Balaban J connectivity index is 2.73. The molecular formula is C15H28BrN3. The largest absolute Gasteiger partial charge is 0.317 e. The maximum Gasteiger partial charge on any atom is 0.0766 e. The van der Waals surface area contributed by atoms with Crippen LogP contribution in [-0.2, 0) is 19.4 Å². The van der Waals surface area contributed by atoms with E-state index in [0.717, 1.165) is 25.3 Å². The van der Waals surface area contributed by atoms with Gasteiger partial charge in [0.2, 0.25) is 0 Å². The van der Waals surface area contributed by atoms with Gasteiger partial charge in [-0.05, 0) is 61.5 Å². The van der Waals surface area contributed by atoms with Crippen molar-refractivity contribution in [2.24, 2.45) is 5.92 Å². The number of nitrogens with one attached hydrogen (secondary N) is 1. The van der Waals surface area contributed by atoms with Crippen LogP contribution in [0.4, 0.5) is 0 Å². The normalized spacial score (nSPS) is 13.2. The van der Waals surface area contributed by atoms with E-state index in [2.05, 4.69) is 65.8 Å². The van der Waals surface area contributed by atoms with Crippen molar-refractivity contribution >= 4 is 15.9 Å². The van der Waals surface area contributed by atoms with Crippen LogP contribution in [0, 0.1) is 5.92 Å². The van der Waals surface area contributed by atoms with Crippen LogP contribution in [0.1, 0.15) is 51.9 Å². The Bertz CT molecular complexity index is 385. The van der Waals surface area contributed by atoms with Gasteiger partial charge in [0.1, 0.15) is 0 Å². The predicted octanol–water partition coefficient (Wildman–Crippen LogP) is 3.79. The summed E-state index contributed by atoms with van der Waals surface area (Å²) in [7, 11) is 2.07. The maximum atomic E-state index is 4.66. The van der Waals surface area contributed by atoms with Gasteiger partial charge in [-0.1, -0.05) is 20.8 Å². The Hall–Kier alpha value is -0.350. The molecule has 0 saturated heterocycles. The van der Waals surface area contributed by atoms with Gasteiger partial charge in [0.15, 0.2) is 0 Å². The lowest BCUT2D eigenvalue weighted by atomic mass is 9.99. The molecule has 1 aromatic heterocycles. The minimum atomic E-state index is 0.595. The summed E-state index contributed by atoms with van der Waals surface area (Å²) < 4.78 is 3.36. The van der Waals surface area contributed by atoms with Crippen molar-refractivity contribution in [1.29, 1.82) is 0 Å². The van der Waals surface area contributed by atoms with Crippen molar-refractivity contribution in [2.75, 3.05) is 7.05 Å². The molecular weight excluding hydrogens is 302 g/mol. The molecule has 1 heterocycles. The van der Waals surface area contributed by atoms with Crippen molar-refractivity contribution in [1.82, 2.24) is 15.1 Å². The average molecular weight is 330 g/mol. The Labute approximate surface area is 126 Å². The zero-order chi connectivity index (χ0) is 14.4. The van der Waals surface area contributed by atoms with Crippen LogP contribution in [0.15, 0.2) is 4.47 Å². The first kappa shape index (κ1) is 16.7. The van der Waals surface area contributed by atoms with Crippen LogP contribution >= 0.6 is 15.9 Å². The van der Waals surface area contributed by atoms with Gasteiger partial charge < -0.3 is 5.32 Å². The third-order valence-corrected chi connectivity index (χ3v) is 4.50. The first-order valence-electron chi connectivity index (χ1n) is 7.44. The van der Waals surface area contributed by atoms with Crippen LogP contribution < -0.4 is 5.32 Å². The molecule has 3 nitrogen and oxygen atoms in total. The van der Waals surface area contributed by atoms with Gasteiger partial charge >= 0.3 is 0 Å². The quantitative estimate of drug-likeness (QED) is 0.786. The fourth-order valence-corrected chi connectivity index (χ4v) is 3.28. The second-order valence-corrected chi connectivity index (χ2v) is 6.32. The third kappa shape index (κ3) is 4.60. The lowest BCUT2D eigenvalue weighted by Gasteiger charge is -2.18. The average Bonchev–Trinajstić information content (AvgIpc) is 2.70. The van der Waals surface area contributed by atoms with Gasteiger partial charge in [0, 0.05) is 12.6 Å². The molecule has 1 atom stereocenters. The second-order valence-electron chi connectivity index (χ2n) is 5.53. The van der Waals surface area contributed by atoms with Gasteiger partial charge in [0.25, 0.3) is 0 Å². The molecule has 19 heavy (non-hydrogen) atoms. The molecule has 0 aliphatic rings. The van der Waals surface area contributed by atoms with Crippen molar-refractivity contribution in [3.8, 4) is 0 Å². The minimum absolute atomic E-state index is 0.595. The monoisotopic (exact) mass is 329 g/mol. The number of aryl methyl sites for hydroxylation is 2. The van der Waals surface area contributed by atoms with Gasteiger partial charge in [-0.3, -0.25) is 4.68 Å². The molecule has 1 aromatic rings. The highest BCUT2D eigenvalue weighted by Crippen LogP contribution is 2.24. The van der Waals surface area contributed by atoms with E-state index in [-0.39, 0.29) is 0 Å². The van der Waals surface area contributed by atoms with Crippen LogP contribution in [0.3, 0.4) is 0 Å². The topological polar surface area (TPSA) is 29.9 Å². The van der Waals surface area contributed by atoms with Crippen LogP contribution in [0.2, 0.25) is 0 Å². The van der Waals surface area contributed by atoms with Crippen molar-refractivity contribution in [3.05, 3.63) is 15.9 Å². The highest BCUT2D eigenvalue weighted by molar-refractivity contribution is 9.10. The molecule has 1 N–H and O–H groups in total. The standard InChI is InChI=1S/C15H28BrN3/c1-6-13-15(16)14(19(7-2)18-13)9-8-12(17-5)10-11(3)4/h11-12,17H,6-10H2,1-5H3. The van der Waals surface area contributed by atoms with Crippen LogP contribution in [0.25, 0.3) is 0 Å². The molecule has 1 unspecified atom stereocenters. The number of hydrogen-bond donors (Lipinski definition) is 1. The fourth-order valence-electron chi connectivity index (χ4n) is 2.52. The molecule has 0 radical (unpaired) electrons. The molecule has 0 aliphatic carbocycles. The van der Waals surface area contributed by atoms with E-state index in [9.17, 15) is 0 Å². The number of nitrogens with zero attached hydrogens (tertiary/aromatic N) is 2. The van der Waals surface area contributed by atoms with Crippen molar-refractivity contribution in [3.63, 3.8) is 0 Å². The first-order valence-corrected chi connectivity index (χ1v) is 8.23. The SMILES string of the molecule is CCc1nn(CC)c(CCC(CC(C)C)NC)c1Br. The van der Waals surface area contributed by atoms with E-state index in [4.69, 9.17) is 0 Å². The zero-order valence-corrected chi connectivity index (χ0v) is 14.5. The molecule has 0 saturated carbocycles. The van der Waals surface area contributed by atoms with Crippen LogP contribution in [-0.4, -0.2) is 22.9 Å². The Morgan fingerprint density at radius 3 is 2.47 bits per heavy atom. The van der Waals surface area contributed by atoms with E-state index < -0.39 is 0 Å². The number of hydrogen-bond acceptors (Lipinski definition) is 2. The fraction of sp³-hybridized carbons (Fsp3) is 0.800. The Morgan fingerprint density at radius 1 is 1.32 bits per heavy atom. The molecule has 0 bridgehead atoms. The van der Waals surface area contributed by atoms with Gasteiger partial charge in [-0.2, -0.15) is 5.10 Å². The Kier molecular flexibility index (Phi) is 7.08. The maximum absolute atomic E-state index is 4.66. The van der Waals surface area contributed by atoms with Crippen molar-refractivity contribution < 1.29 is 0 Å². The molecule has 110 valence electrons. The van der Waals surface area contributed by atoms with Gasteiger partial charge in [-0.25, -0.2) is 0 Å². The molecule has 0 aromatic carbocycles. The summed E-state index contributed by atoms with van der Waals surface area (Å²) in [4.78, 5) is 0. The van der Waals surface area contributed by atoms with E-state index in [1.807, 2.05) is 0 Å².